The molecule has 200 valence electrons. The summed E-state index contributed by atoms with van der Waals surface area (Å²) in [6.45, 7) is -0.465. The Hall–Kier alpha value is -4.04. The molecule has 4 N–H and O–H groups in total. The maximum Gasteiger partial charge on any atom is 0.352 e. The van der Waals surface area contributed by atoms with Crippen molar-refractivity contribution in [1.29, 1.82) is 0 Å². The third-order valence-electron chi connectivity index (χ3n) is 5.02. The minimum atomic E-state index is -1.33. The number of carboxylic acids is 2. The standard InChI is InChI=1S/C18H17N9O8S3/c1-35-23-10(8-5-37-17(20-8)19-6-28)13(31)21-11-14(32)27-12(16(33)34)7(3-36-15(11)27)4-38-18-22-24-25-26(18)2-9(29)30/h5-6,11,15H,2-4H2,1H3,(H,21,31)(H,29,30)(H,33,34)(H,19,20,28)/b23-10+/t11?,15-/m1/s1. The average Bonchev–Trinajstić information content (AvgIpc) is 3.52. The number of aromatic nitrogens is 5. The smallest absolute Gasteiger partial charge is 0.352 e. The van der Waals surface area contributed by atoms with E-state index >= 15 is 0 Å². The Kier molecular flexibility index (Phi) is 8.22. The van der Waals surface area contributed by atoms with Gasteiger partial charge in [-0.05, 0) is 16.0 Å². The topological polar surface area (TPSA) is 231 Å². The molecule has 0 saturated carbocycles. The van der Waals surface area contributed by atoms with E-state index < -0.39 is 41.7 Å². The number of rotatable bonds is 12. The minimum absolute atomic E-state index is 0.0911. The van der Waals surface area contributed by atoms with Crippen molar-refractivity contribution >= 4 is 75.9 Å². The monoisotopic (exact) mass is 583 g/mol. The second-order valence-corrected chi connectivity index (χ2v) is 10.2. The maximum atomic E-state index is 13.0. The van der Waals surface area contributed by atoms with Gasteiger partial charge >= 0.3 is 11.9 Å². The number of tetrazole rings is 1. The zero-order valence-corrected chi connectivity index (χ0v) is 21.6. The third kappa shape index (κ3) is 5.45. The van der Waals surface area contributed by atoms with Crippen molar-refractivity contribution in [3.05, 3.63) is 22.3 Å². The van der Waals surface area contributed by atoms with E-state index in [0.717, 1.165) is 32.7 Å². The fourth-order valence-electron chi connectivity index (χ4n) is 3.48. The maximum absolute atomic E-state index is 13.0. The molecule has 4 heterocycles. The van der Waals surface area contributed by atoms with Gasteiger partial charge in [0.25, 0.3) is 11.8 Å². The fourth-order valence-corrected chi connectivity index (χ4v) is 6.49. The second kappa shape index (κ2) is 11.6. The van der Waals surface area contributed by atoms with Gasteiger partial charge in [-0.1, -0.05) is 16.9 Å². The number of hydrogen-bond acceptors (Lipinski definition) is 14. The molecule has 2 atom stereocenters. The first-order chi connectivity index (χ1) is 18.2. The van der Waals surface area contributed by atoms with Gasteiger partial charge in [0.05, 0.1) is 0 Å². The van der Waals surface area contributed by atoms with Crippen LogP contribution in [0.4, 0.5) is 5.13 Å². The summed E-state index contributed by atoms with van der Waals surface area (Å²) in [5.41, 5.74) is 0.0594. The minimum Gasteiger partial charge on any atom is -0.480 e. The molecule has 38 heavy (non-hydrogen) atoms. The van der Waals surface area contributed by atoms with Crippen molar-refractivity contribution < 1.29 is 39.0 Å². The van der Waals surface area contributed by atoms with Gasteiger partial charge in [-0.3, -0.25) is 24.1 Å². The number of carbonyl (C=O) groups is 5. The van der Waals surface area contributed by atoms with Crippen LogP contribution in [0.25, 0.3) is 0 Å². The SMILES string of the molecule is CO/N=C(/C(=O)NC1C(=O)N2C(C(=O)O)=C(CSc3nnnn3CC(=O)O)CS[C@H]12)c1csc(NC=O)n1. The van der Waals surface area contributed by atoms with E-state index in [1.807, 2.05) is 0 Å². The Morgan fingerprint density at radius 1 is 1.37 bits per heavy atom. The fraction of sp³-hybridized carbons (Fsp3) is 0.333. The molecule has 2 aliphatic heterocycles. The highest BCUT2D eigenvalue weighted by Gasteiger charge is 2.54. The molecule has 0 aliphatic carbocycles. The van der Waals surface area contributed by atoms with Gasteiger partial charge in [-0.25, -0.2) is 14.5 Å². The molecule has 4 rings (SSSR count). The van der Waals surface area contributed by atoms with Crippen LogP contribution in [-0.2, 0) is 35.4 Å². The summed E-state index contributed by atoms with van der Waals surface area (Å²) >= 11 is 3.33. The van der Waals surface area contributed by atoms with E-state index in [9.17, 15) is 29.1 Å². The van der Waals surface area contributed by atoms with Crippen molar-refractivity contribution in [3.8, 4) is 0 Å². The van der Waals surface area contributed by atoms with E-state index in [4.69, 9.17) is 9.94 Å². The van der Waals surface area contributed by atoms with Gasteiger partial charge in [0.1, 0.15) is 36.5 Å². The Morgan fingerprint density at radius 2 is 2.16 bits per heavy atom. The summed E-state index contributed by atoms with van der Waals surface area (Å²) in [6.07, 6.45) is 0.427. The van der Waals surface area contributed by atoms with Crippen LogP contribution in [0, 0.1) is 0 Å². The Bertz CT molecular complexity index is 1360. The molecule has 17 nitrogen and oxygen atoms in total. The van der Waals surface area contributed by atoms with Crippen molar-refractivity contribution in [2.45, 2.75) is 23.1 Å². The molecule has 0 aromatic carbocycles. The lowest BCUT2D eigenvalue weighted by atomic mass is 10.0. The highest BCUT2D eigenvalue weighted by atomic mass is 32.2. The van der Waals surface area contributed by atoms with Crippen molar-refractivity contribution in [2.75, 3.05) is 23.9 Å². The number of thiazole rings is 1. The van der Waals surface area contributed by atoms with E-state index in [2.05, 4.69) is 36.3 Å². The summed E-state index contributed by atoms with van der Waals surface area (Å²) in [7, 11) is 1.22. The number of carboxylic acid groups (broad SMARTS) is 2. The lowest BCUT2D eigenvalue weighted by Crippen LogP contribution is -2.71. The van der Waals surface area contributed by atoms with Crippen LogP contribution < -0.4 is 10.6 Å². The van der Waals surface area contributed by atoms with Gasteiger partial charge in [-0.2, -0.15) is 0 Å². The van der Waals surface area contributed by atoms with Gasteiger partial charge in [0.15, 0.2) is 10.8 Å². The van der Waals surface area contributed by atoms with Crippen LogP contribution in [0.15, 0.2) is 27.0 Å². The molecule has 20 heteroatoms. The summed E-state index contributed by atoms with van der Waals surface area (Å²) in [5.74, 6) is -3.57. The molecule has 0 bridgehead atoms. The normalized spacial score (nSPS) is 18.9. The van der Waals surface area contributed by atoms with Gasteiger partial charge in [0, 0.05) is 16.9 Å². The zero-order valence-electron chi connectivity index (χ0n) is 19.1. The zero-order chi connectivity index (χ0) is 27.4. The first-order valence-electron chi connectivity index (χ1n) is 10.3. The molecule has 2 aromatic heterocycles. The van der Waals surface area contributed by atoms with Crippen molar-refractivity contribution in [3.63, 3.8) is 0 Å². The number of fused-ring (bicyclic) bond motifs is 1. The van der Waals surface area contributed by atoms with Crippen LogP contribution in [0.3, 0.4) is 0 Å². The molecule has 1 saturated heterocycles. The average molecular weight is 584 g/mol. The number of carbonyl (C=O) groups excluding carboxylic acids is 3. The first kappa shape index (κ1) is 27.0. The molecular weight excluding hydrogens is 566 g/mol. The number of anilines is 1. The molecule has 2 aromatic rings. The predicted molar refractivity (Wildman–Crippen MR) is 131 cm³/mol. The van der Waals surface area contributed by atoms with Crippen LogP contribution in [0.5, 0.6) is 0 Å². The van der Waals surface area contributed by atoms with E-state index in [1.165, 1.54) is 24.3 Å². The Labute approximate surface area is 224 Å². The summed E-state index contributed by atoms with van der Waals surface area (Å²) in [4.78, 5) is 69.5. The molecule has 0 radical (unpaired) electrons. The largest absolute Gasteiger partial charge is 0.480 e. The van der Waals surface area contributed by atoms with Crippen LogP contribution in [0.1, 0.15) is 5.69 Å². The Balaban J connectivity index is 1.47. The Morgan fingerprint density at radius 3 is 2.84 bits per heavy atom. The number of oxime groups is 1. The number of β-lactam (4-membered cyclic amide) rings is 1. The highest BCUT2D eigenvalue weighted by molar-refractivity contribution is 8.01. The molecule has 1 fully saturated rings. The number of nitrogens with zero attached hydrogens (tertiary/aromatic N) is 7. The van der Waals surface area contributed by atoms with E-state index in [0.29, 0.717) is 12.0 Å². The van der Waals surface area contributed by atoms with Gasteiger partial charge in [-0.15, -0.1) is 28.2 Å². The summed E-state index contributed by atoms with van der Waals surface area (Å²) < 4.78 is 1.06. The van der Waals surface area contributed by atoms with Crippen LogP contribution in [-0.4, -0.2) is 106 Å². The number of amides is 3. The number of hydrogen-bond donors (Lipinski definition) is 4. The first-order valence-corrected chi connectivity index (χ1v) is 13.2. The molecule has 2 aliphatic rings. The quantitative estimate of drug-likeness (QED) is 0.0745. The highest BCUT2D eigenvalue weighted by Crippen LogP contribution is 2.41. The molecular formula is C18H17N9O8S3. The summed E-state index contributed by atoms with van der Waals surface area (Å²) in [5, 5.41) is 39.3. The number of thioether (sulfide) groups is 2. The third-order valence-corrected chi connectivity index (χ3v) is 8.18. The van der Waals surface area contributed by atoms with E-state index in [1.54, 1.807) is 0 Å². The lowest BCUT2D eigenvalue weighted by molar-refractivity contribution is -0.150. The van der Waals surface area contributed by atoms with Crippen LogP contribution >= 0.6 is 34.9 Å². The van der Waals surface area contributed by atoms with Crippen LogP contribution in [0.2, 0.25) is 0 Å². The second-order valence-electron chi connectivity index (χ2n) is 7.34. The predicted octanol–water partition coefficient (Wildman–Crippen LogP) is -1.34. The van der Waals surface area contributed by atoms with Gasteiger partial charge < -0.3 is 25.7 Å². The lowest BCUT2D eigenvalue weighted by Gasteiger charge is -2.49. The molecule has 3 amide bonds. The molecule has 1 unspecified atom stereocenters. The number of nitrogens with one attached hydrogen (secondary N) is 2. The summed E-state index contributed by atoms with van der Waals surface area (Å²) in [6, 6.07) is -1.04. The van der Waals surface area contributed by atoms with E-state index in [-0.39, 0.29) is 38.9 Å². The van der Waals surface area contributed by atoms with Crippen molar-refractivity contribution in [2.24, 2.45) is 5.16 Å². The molecule has 0 spiro atoms. The van der Waals surface area contributed by atoms with Gasteiger partial charge in [0.2, 0.25) is 11.6 Å². The van der Waals surface area contributed by atoms with Crippen molar-refractivity contribution in [1.82, 2.24) is 35.4 Å². The number of aliphatic carboxylic acids is 2.